The van der Waals surface area contributed by atoms with Crippen molar-refractivity contribution >= 4 is 17.3 Å². The number of azo groups is 1. The van der Waals surface area contributed by atoms with Gasteiger partial charge in [0.1, 0.15) is 6.54 Å². The lowest BCUT2D eigenvalue weighted by Gasteiger charge is -2.10. The van der Waals surface area contributed by atoms with E-state index in [9.17, 15) is 17.6 Å². The molecule has 0 saturated heterocycles. The van der Waals surface area contributed by atoms with E-state index in [0.29, 0.717) is 22.8 Å². The van der Waals surface area contributed by atoms with Crippen LogP contribution in [0.25, 0.3) is 0 Å². The van der Waals surface area contributed by atoms with Gasteiger partial charge in [-0.1, -0.05) is 6.07 Å². The van der Waals surface area contributed by atoms with Crippen LogP contribution in [0.3, 0.4) is 0 Å². The van der Waals surface area contributed by atoms with Crippen molar-refractivity contribution < 1.29 is 17.6 Å². The number of alkyl halides is 3. The zero-order valence-corrected chi connectivity index (χ0v) is 15.6. The molecule has 10 heteroatoms. The number of nitrogens with zero attached hydrogens (tertiary/aromatic N) is 5. The van der Waals surface area contributed by atoms with Gasteiger partial charge in [-0.2, -0.15) is 18.3 Å². The fourth-order valence-electron chi connectivity index (χ4n) is 2.76. The number of hydrogen-bond donors (Lipinski definition) is 1. The third-order valence-electron chi connectivity index (χ3n) is 4.42. The van der Waals surface area contributed by atoms with E-state index in [4.69, 9.17) is 0 Å². The molecule has 0 unspecified atom stereocenters. The maximum absolute atomic E-state index is 13.7. The molecule has 0 bridgehead atoms. The van der Waals surface area contributed by atoms with Crippen LogP contribution < -0.4 is 5.32 Å². The van der Waals surface area contributed by atoms with E-state index in [1.807, 2.05) is 0 Å². The maximum atomic E-state index is 13.7. The Balaban J connectivity index is 1.37. The normalized spacial score (nSPS) is 14.3. The molecular weight excluding hydrogens is 400 g/mol. The SMILES string of the molecule is Fc1cnc(N=NCc2ccc(Nc3cccc(C(F)(F)F)c3)cn2)nc1C1CC1. The summed E-state index contributed by atoms with van der Waals surface area (Å²) in [6.07, 6.45) is 0.00923. The first kappa shape index (κ1) is 19.9. The number of halogens is 4. The molecule has 0 spiro atoms. The van der Waals surface area contributed by atoms with E-state index in [-0.39, 0.29) is 18.4 Å². The Morgan fingerprint density at radius 1 is 1.03 bits per heavy atom. The van der Waals surface area contributed by atoms with Crippen LogP contribution in [0.1, 0.15) is 35.7 Å². The van der Waals surface area contributed by atoms with Gasteiger partial charge in [0, 0.05) is 11.6 Å². The lowest BCUT2D eigenvalue weighted by Crippen LogP contribution is -2.05. The molecule has 2 aromatic heterocycles. The monoisotopic (exact) mass is 416 g/mol. The summed E-state index contributed by atoms with van der Waals surface area (Å²) < 4.78 is 52.0. The van der Waals surface area contributed by atoms with Gasteiger partial charge in [-0.3, -0.25) is 4.98 Å². The molecule has 0 radical (unpaired) electrons. The fourth-order valence-corrected chi connectivity index (χ4v) is 2.76. The van der Waals surface area contributed by atoms with Gasteiger partial charge < -0.3 is 5.32 Å². The van der Waals surface area contributed by atoms with Crippen LogP contribution in [0.15, 0.2) is 59.0 Å². The summed E-state index contributed by atoms with van der Waals surface area (Å²) in [5.74, 6) is -0.191. The average molecular weight is 416 g/mol. The Morgan fingerprint density at radius 2 is 1.87 bits per heavy atom. The van der Waals surface area contributed by atoms with E-state index >= 15 is 0 Å². The zero-order valence-electron chi connectivity index (χ0n) is 15.6. The summed E-state index contributed by atoms with van der Waals surface area (Å²) in [6, 6.07) is 8.26. The molecule has 1 aliphatic rings. The first-order valence-electron chi connectivity index (χ1n) is 9.17. The number of nitrogens with one attached hydrogen (secondary N) is 1. The first-order chi connectivity index (χ1) is 14.4. The van der Waals surface area contributed by atoms with Crippen molar-refractivity contribution in [3.05, 3.63) is 71.6 Å². The Hall–Kier alpha value is -3.43. The first-order valence-corrected chi connectivity index (χ1v) is 9.17. The standard InChI is InChI=1S/C20H16F4N6/c21-17-11-26-19(29-18(17)12-4-5-12)30-27-10-15-6-7-16(9-25-15)28-14-3-1-2-13(8-14)20(22,23)24/h1-3,6-9,11-12,28H,4-5,10H2. The van der Waals surface area contributed by atoms with Crippen LogP contribution >= 0.6 is 0 Å². The molecule has 0 atom stereocenters. The summed E-state index contributed by atoms with van der Waals surface area (Å²) in [7, 11) is 0. The van der Waals surface area contributed by atoms with Crippen molar-refractivity contribution in [2.24, 2.45) is 10.2 Å². The van der Waals surface area contributed by atoms with Crippen molar-refractivity contribution in [1.82, 2.24) is 15.0 Å². The molecule has 3 aromatic rings. The van der Waals surface area contributed by atoms with Gasteiger partial charge in [-0.25, -0.2) is 14.4 Å². The molecule has 1 saturated carbocycles. The van der Waals surface area contributed by atoms with Crippen molar-refractivity contribution in [1.29, 1.82) is 0 Å². The second-order valence-corrected chi connectivity index (χ2v) is 6.82. The van der Waals surface area contributed by atoms with Gasteiger partial charge in [-0.05, 0) is 43.2 Å². The summed E-state index contributed by atoms with van der Waals surface area (Å²) in [5.41, 5.74) is 1.08. The van der Waals surface area contributed by atoms with Gasteiger partial charge in [0.05, 0.1) is 35.0 Å². The van der Waals surface area contributed by atoms with Gasteiger partial charge in [0.15, 0.2) is 5.82 Å². The maximum Gasteiger partial charge on any atom is 0.416 e. The number of benzene rings is 1. The molecule has 1 aromatic carbocycles. The lowest BCUT2D eigenvalue weighted by atomic mass is 10.2. The Bertz CT molecular complexity index is 1060. The van der Waals surface area contributed by atoms with Crippen LogP contribution in [-0.2, 0) is 12.7 Å². The molecule has 30 heavy (non-hydrogen) atoms. The van der Waals surface area contributed by atoms with Crippen molar-refractivity contribution in [3.8, 4) is 0 Å². The molecule has 0 aliphatic heterocycles. The van der Waals surface area contributed by atoms with Crippen LogP contribution in [0, 0.1) is 5.82 Å². The molecule has 2 heterocycles. The summed E-state index contributed by atoms with van der Waals surface area (Å²) in [4.78, 5) is 12.1. The van der Waals surface area contributed by atoms with E-state index in [0.717, 1.165) is 31.2 Å². The minimum Gasteiger partial charge on any atom is -0.354 e. The molecule has 4 rings (SSSR count). The molecule has 1 fully saturated rings. The topological polar surface area (TPSA) is 75.4 Å². The van der Waals surface area contributed by atoms with Crippen LogP contribution in [-0.4, -0.2) is 15.0 Å². The molecule has 154 valence electrons. The second kappa shape index (κ2) is 8.13. The number of rotatable bonds is 6. The molecule has 0 amide bonds. The average Bonchev–Trinajstić information content (AvgIpc) is 3.55. The third kappa shape index (κ3) is 4.94. The van der Waals surface area contributed by atoms with Gasteiger partial charge >= 0.3 is 6.18 Å². The highest BCUT2D eigenvalue weighted by atomic mass is 19.4. The predicted octanol–water partition coefficient (Wildman–Crippen LogP) is 5.93. The lowest BCUT2D eigenvalue weighted by molar-refractivity contribution is -0.137. The second-order valence-electron chi connectivity index (χ2n) is 6.82. The molecule has 1 N–H and O–H groups in total. The van der Waals surface area contributed by atoms with Crippen molar-refractivity contribution in [3.63, 3.8) is 0 Å². The molecule has 1 aliphatic carbocycles. The Morgan fingerprint density at radius 3 is 2.57 bits per heavy atom. The van der Waals surface area contributed by atoms with E-state index in [1.165, 1.54) is 18.3 Å². The number of hydrogen-bond acceptors (Lipinski definition) is 6. The highest BCUT2D eigenvalue weighted by Crippen LogP contribution is 2.40. The summed E-state index contributed by atoms with van der Waals surface area (Å²) in [6.45, 7) is 0.156. The zero-order chi connectivity index (χ0) is 21.1. The number of anilines is 2. The number of aromatic nitrogens is 3. The number of pyridine rings is 1. The molecular formula is C20H16F4N6. The minimum atomic E-state index is -4.40. The van der Waals surface area contributed by atoms with Gasteiger partial charge in [-0.15, -0.1) is 5.11 Å². The summed E-state index contributed by atoms with van der Waals surface area (Å²) >= 11 is 0. The van der Waals surface area contributed by atoms with Gasteiger partial charge in [0.2, 0.25) is 0 Å². The van der Waals surface area contributed by atoms with Crippen LogP contribution in [0.5, 0.6) is 0 Å². The third-order valence-corrected chi connectivity index (χ3v) is 4.42. The smallest absolute Gasteiger partial charge is 0.354 e. The highest BCUT2D eigenvalue weighted by molar-refractivity contribution is 5.59. The predicted molar refractivity (Wildman–Crippen MR) is 101 cm³/mol. The Labute approximate surface area is 169 Å². The summed E-state index contributed by atoms with van der Waals surface area (Å²) in [5, 5.41) is 10.8. The van der Waals surface area contributed by atoms with Crippen LogP contribution in [0.2, 0.25) is 0 Å². The van der Waals surface area contributed by atoms with Crippen LogP contribution in [0.4, 0.5) is 34.9 Å². The van der Waals surface area contributed by atoms with E-state index < -0.39 is 17.6 Å². The Kier molecular flexibility index (Phi) is 5.39. The van der Waals surface area contributed by atoms with Gasteiger partial charge in [0.25, 0.3) is 5.95 Å². The largest absolute Gasteiger partial charge is 0.416 e. The quantitative estimate of drug-likeness (QED) is 0.399. The van der Waals surface area contributed by atoms with E-state index in [2.05, 4.69) is 30.5 Å². The highest BCUT2D eigenvalue weighted by Gasteiger charge is 2.30. The fraction of sp³-hybridized carbons (Fsp3) is 0.250. The molecule has 6 nitrogen and oxygen atoms in total. The van der Waals surface area contributed by atoms with Crippen molar-refractivity contribution in [2.75, 3.05) is 5.32 Å². The minimum absolute atomic E-state index is 0.0983. The van der Waals surface area contributed by atoms with E-state index in [1.54, 1.807) is 12.1 Å². The van der Waals surface area contributed by atoms with Crippen molar-refractivity contribution in [2.45, 2.75) is 31.5 Å².